The molecule has 2 fully saturated rings. The SMILES string of the molecule is O=C(c1cnc[nH]1)N1CCCC[C@H]1CN1CCCC1. The number of aromatic nitrogens is 2. The van der Waals surface area contributed by atoms with Gasteiger partial charge in [-0.1, -0.05) is 0 Å². The minimum absolute atomic E-state index is 0.112. The molecular formula is C14H22N4O. The number of hydrogen-bond acceptors (Lipinski definition) is 3. The number of nitrogens with one attached hydrogen (secondary N) is 1. The summed E-state index contributed by atoms with van der Waals surface area (Å²) in [5, 5.41) is 0. The number of piperidine rings is 1. The molecule has 1 N–H and O–H groups in total. The van der Waals surface area contributed by atoms with E-state index in [0.717, 1.165) is 25.9 Å². The number of hydrogen-bond donors (Lipinski definition) is 1. The van der Waals surface area contributed by atoms with Gasteiger partial charge in [0.2, 0.25) is 0 Å². The van der Waals surface area contributed by atoms with Crippen molar-refractivity contribution >= 4 is 5.91 Å². The van der Waals surface area contributed by atoms with Crippen molar-refractivity contribution in [3.8, 4) is 0 Å². The van der Waals surface area contributed by atoms with Crippen molar-refractivity contribution in [2.75, 3.05) is 26.2 Å². The number of nitrogens with zero attached hydrogens (tertiary/aromatic N) is 3. The summed E-state index contributed by atoms with van der Waals surface area (Å²) in [4.78, 5) is 23.9. The second-order valence-electron chi connectivity index (χ2n) is 5.62. The molecule has 0 unspecified atom stereocenters. The molecule has 1 aromatic heterocycles. The van der Waals surface area contributed by atoms with E-state index in [2.05, 4.69) is 19.8 Å². The lowest BCUT2D eigenvalue weighted by Gasteiger charge is -2.37. The fourth-order valence-electron chi connectivity index (χ4n) is 3.25. The van der Waals surface area contributed by atoms with E-state index in [1.807, 2.05) is 0 Å². The molecule has 0 bridgehead atoms. The Kier molecular flexibility index (Phi) is 3.82. The first kappa shape index (κ1) is 12.7. The molecule has 0 radical (unpaired) electrons. The van der Waals surface area contributed by atoms with E-state index < -0.39 is 0 Å². The molecule has 2 aliphatic heterocycles. The maximum Gasteiger partial charge on any atom is 0.272 e. The standard InChI is InChI=1S/C14H22N4O/c19-14(13-9-15-11-16-13)18-8-2-1-5-12(18)10-17-6-3-4-7-17/h9,11-12H,1-8,10H2,(H,15,16)/t12-/m0/s1. The number of rotatable bonds is 3. The number of carbonyl (C=O) groups excluding carboxylic acids is 1. The molecule has 104 valence electrons. The highest BCUT2D eigenvalue weighted by atomic mass is 16.2. The molecule has 0 aromatic carbocycles. The van der Waals surface area contributed by atoms with Crippen molar-refractivity contribution in [1.29, 1.82) is 0 Å². The first-order chi connectivity index (χ1) is 9.34. The van der Waals surface area contributed by atoms with Crippen LogP contribution in [0.2, 0.25) is 0 Å². The second kappa shape index (κ2) is 5.74. The van der Waals surface area contributed by atoms with Crippen LogP contribution in [0.25, 0.3) is 0 Å². The molecule has 1 aromatic rings. The summed E-state index contributed by atoms with van der Waals surface area (Å²) in [6.07, 6.45) is 9.32. The number of aromatic amines is 1. The average Bonchev–Trinajstić information content (AvgIpc) is 3.11. The van der Waals surface area contributed by atoms with Crippen LogP contribution >= 0.6 is 0 Å². The van der Waals surface area contributed by atoms with Crippen LogP contribution in [0.3, 0.4) is 0 Å². The highest BCUT2D eigenvalue weighted by molar-refractivity contribution is 5.92. The van der Waals surface area contributed by atoms with E-state index in [1.54, 1.807) is 12.5 Å². The smallest absolute Gasteiger partial charge is 0.272 e. The Hall–Kier alpha value is -1.36. The lowest BCUT2D eigenvalue weighted by molar-refractivity contribution is 0.0555. The van der Waals surface area contributed by atoms with Crippen LogP contribution < -0.4 is 0 Å². The highest BCUT2D eigenvalue weighted by Gasteiger charge is 2.30. The van der Waals surface area contributed by atoms with E-state index >= 15 is 0 Å². The van der Waals surface area contributed by atoms with Gasteiger partial charge in [-0.15, -0.1) is 0 Å². The zero-order valence-corrected chi connectivity index (χ0v) is 11.3. The van der Waals surface area contributed by atoms with Gasteiger partial charge in [0.05, 0.1) is 12.5 Å². The molecule has 0 spiro atoms. The van der Waals surface area contributed by atoms with Crippen LogP contribution in [-0.2, 0) is 0 Å². The minimum Gasteiger partial charge on any atom is -0.341 e. The molecule has 1 atom stereocenters. The zero-order chi connectivity index (χ0) is 13.1. The summed E-state index contributed by atoms with van der Waals surface area (Å²) >= 11 is 0. The monoisotopic (exact) mass is 262 g/mol. The maximum absolute atomic E-state index is 12.5. The van der Waals surface area contributed by atoms with E-state index in [4.69, 9.17) is 0 Å². The Morgan fingerprint density at radius 2 is 2.05 bits per heavy atom. The van der Waals surface area contributed by atoms with Crippen molar-refractivity contribution in [2.24, 2.45) is 0 Å². The second-order valence-corrected chi connectivity index (χ2v) is 5.62. The van der Waals surface area contributed by atoms with E-state index in [0.29, 0.717) is 11.7 Å². The fraction of sp³-hybridized carbons (Fsp3) is 0.714. The summed E-state index contributed by atoms with van der Waals surface area (Å²) in [6.45, 7) is 4.32. The number of amides is 1. The summed E-state index contributed by atoms with van der Waals surface area (Å²) in [6, 6.07) is 0.377. The third-order valence-corrected chi connectivity index (χ3v) is 4.28. The maximum atomic E-state index is 12.5. The lowest BCUT2D eigenvalue weighted by atomic mass is 10.0. The topological polar surface area (TPSA) is 52.2 Å². The Labute approximate surface area is 114 Å². The van der Waals surface area contributed by atoms with Gasteiger partial charge in [0.1, 0.15) is 5.69 Å². The Bertz CT molecular complexity index is 411. The van der Waals surface area contributed by atoms with Gasteiger partial charge in [-0.25, -0.2) is 4.98 Å². The van der Waals surface area contributed by atoms with Gasteiger partial charge in [0.25, 0.3) is 5.91 Å². The third kappa shape index (κ3) is 2.81. The zero-order valence-electron chi connectivity index (χ0n) is 11.3. The van der Waals surface area contributed by atoms with Crippen molar-refractivity contribution in [1.82, 2.24) is 19.8 Å². The quantitative estimate of drug-likeness (QED) is 0.898. The van der Waals surface area contributed by atoms with Crippen LogP contribution in [0, 0.1) is 0 Å². The van der Waals surface area contributed by atoms with Crippen LogP contribution in [-0.4, -0.2) is 57.9 Å². The van der Waals surface area contributed by atoms with E-state index in [9.17, 15) is 4.79 Å². The van der Waals surface area contributed by atoms with Crippen molar-refractivity contribution in [3.63, 3.8) is 0 Å². The van der Waals surface area contributed by atoms with Gasteiger partial charge >= 0.3 is 0 Å². The molecule has 2 aliphatic rings. The van der Waals surface area contributed by atoms with Gasteiger partial charge in [-0.3, -0.25) is 4.79 Å². The molecule has 1 amide bonds. The molecule has 0 saturated carbocycles. The normalized spacial score (nSPS) is 24.8. The number of likely N-dealkylation sites (tertiary alicyclic amines) is 2. The fourth-order valence-corrected chi connectivity index (χ4v) is 3.25. The number of H-pyrrole nitrogens is 1. The van der Waals surface area contributed by atoms with E-state index in [-0.39, 0.29) is 5.91 Å². The highest BCUT2D eigenvalue weighted by Crippen LogP contribution is 2.21. The first-order valence-corrected chi connectivity index (χ1v) is 7.36. The lowest BCUT2D eigenvalue weighted by Crippen LogP contribution is -2.49. The summed E-state index contributed by atoms with van der Waals surface area (Å²) in [5.74, 6) is 0.112. The predicted octanol–water partition coefficient (Wildman–Crippen LogP) is 1.50. The summed E-state index contributed by atoms with van der Waals surface area (Å²) in [7, 11) is 0. The van der Waals surface area contributed by atoms with Crippen LogP contribution in [0.1, 0.15) is 42.6 Å². The summed E-state index contributed by atoms with van der Waals surface area (Å²) < 4.78 is 0. The molecule has 3 rings (SSSR count). The molecular weight excluding hydrogens is 240 g/mol. The van der Waals surface area contributed by atoms with E-state index in [1.165, 1.54) is 32.4 Å². The van der Waals surface area contributed by atoms with Crippen molar-refractivity contribution in [2.45, 2.75) is 38.1 Å². The van der Waals surface area contributed by atoms with Gasteiger partial charge in [0.15, 0.2) is 0 Å². The molecule has 5 heteroatoms. The Morgan fingerprint density at radius 1 is 1.26 bits per heavy atom. The summed E-state index contributed by atoms with van der Waals surface area (Å²) in [5.41, 5.74) is 0.619. The van der Waals surface area contributed by atoms with Gasteiger partial charge in [-0.05, 0) is 45.2 Å². The van der Waals surface area contributed by atoms with Crippen LogP contribution in [0.4, 0.5) is 0 Å². The van der Waals surface area contributed by atoms with Gasteiger partial charge < -0.3 is 14.8 Å². The van der Waals surface area contributed by atoms with Crippen molar-refractivity contribution in [3.05, 3.63) is 18.2 Å². The number of imidazole rings is 1. The third-order valence-electron chi connectivity index (χ3n) is 4.28. The van der Waals surface area contributed by atoms with Crippen LogP contribution in [0.15, 0.2) is 12.5 Å². The van der Waals surface area contributed by atoms with Gasteiger partial charge in [0, 0.05) is 19.1 Å². The number of carbonyl (C=O) groups is 1. The van der Waals surface area contributed by atoms with Gasteiger partial charge in [-0.2, -0.15) is 0 Å². The molecule has 3 heterocycles. The Balaban J connectivity index is 1.67. The molecule has 0 aliphatic carbocycles. The molecule has 2 saturated heterocycles. The molecule has 19 heavy (non-hydrogen) atoms. The first-order valence-electron chi connectivity index (χ1n) is 7.36. The van der Waals surface area contributed by atoms with Crippen LogP contribution in [0.5, 0.6) is 0 Å². The molecule has 5 nitrogen and oxygen atoms in total. The van der Waals surface area contributed by atoms with Crippen molar-refractivity contribution < 1.29 is 4.79 Å². The Morgan fingerprint density at radius 3 is 2.79 bits per heavy atom. The largest absolute Gasteiger partial charge is 0.341 e. The predicted molar refractivity (Wildman–Crippen MR) is 72.9 cm³/mol. The minimum atomic E-state index is 0.112. The average molecular weight is 262 g/mol.